The van der Waals surface area contributed by atoms with Crippen LogP contribution < -0.4 is 16.8 Å². The molecule has 7 nitrogen and oxygen atoms in total. The number of aliphatic carboxylic acids is 1. The van der Waals surface area contributed by atoms with Crippen molar-refractivity contribution in [2.45, 2.75) is 38.1 Å². The van der Waals surface area contributed by atoms with E-state index in [0.717, 1.165) is 12.8 Å². The summed E-state index contributed by atoms with van der Waals surface area (Å²) in [4.78, 5) is 33.0. The first kappa shape index (κ1) is 15.4. The average Bonchev–Trinajstić information content (AvgIpc) is 2.35. The van der Waals surface area contributed by atoms with E-state index in [1.807, 2.05) is 0 Å². The molecular formula is C12H21N3O4. The molecule has 7 heteroatoms. The van der Waals surface area contributed by atoms with Crippen molar-refractivity contribution in [2.24, 2.45) is 23.3 Å². The third kappa shape index (κ3) is 5.25. The molecule has 108 valence electrons. The van der Waals surface area contributed by atoms with Crippen molar-refractivity contribution in [3.8, 4) is 0 Å². The zero-order valence-electron chi connectivity index (χ0n) is 10.8. The molecule has 0 unspecified atom stereocenters. The summed E-state index contributed by atoms with van der Waals surface area (Å²) in [5.41, 5.74) is 10.5. The highest BCUT2D eigenvalue weighted by Gasteiger charge is 2.26. The molecule has 0 saturated heterocycles. The van der Waals surface area contributed by atoms with Gasteiger partial charge in [0.1, 0.15) is 0 Å². The number of carboxylic acids is 1. The number of carboxylic acid groups (broad SMARTS) is 1. The molecule has 0 aliphatic heterocycles. The van der Waals surface area contributed by atoms with E-state index in [9.17, 15) is 14.4 Å². The summed E-state index contributed by atoms with van der Waals surface area (Å²) in [6.07, 6.45) is 2.68. The van der Waals surface area contributed by atoms with E-state index in [1.54, 1.807) is 0 Å². The lowest BCUT2D eigenvalue weighted by Crippen LogP contribution is -2.44. The molecule has 1 fully saturated rings. The van der Waals surface area contributed by atoms with Crippen LogP contribution in [0.25, 0.3) is 0 Å². The van der Waals surface area contributed by atoms with Gasteiger partial charge in [-0.25, -0.2) is 0 Å². The first-order valence-corrected chi connectivity index (χ1v) is 6.44. The second kappa shape index (κ2) is 7.08. The molecule has 1 rings (SSSR count). The number of hydrogen-bond acceptors (Lipinski definition) is 4. The minimum Gasteiger partial charge on any atom is -0.481 e. The van der Waals surface area contributed by atoms with E-state index in [2.05, 4.69) is 5.32 Å². The third-order valence-electron chi connectivity index (χ3n) is 3.52. The zero-order valence-corrected chi connectivity index (χ0v) is 10.8. The lowest BCUT2D eigenvalue weighted by atomic mass is 9.82. The first-order valence-electron chi connectivity index (χ1n) is 6.44. The van der Waals surface area contributed by atoms with E-state index in [0.29, 0.717) is 19.4 Å². The minimum atomic E-state index is -0.909. The van der Waals surface area contributed by atoms with Gasteiger partial charge in [0.15, 0.2) is 0 Å². The molecule has 0 aromatic heterocycles. The van der Waals surface area contributed by atoms with Crippen molar-refractivity contribution < 1.29 is 19.5 Å². The third-order valence-corrected chi connectivity index (χ3v) is 3.52. The van der Waals surface area contributed by atoms with Crippen LogP contribution in [0.3, 0.4) is 0 Å². The van der Waals surface area contributed by atoms with Crippen LogP contribution >= 0.6 is 0 Å². The van der Waals surface area contributed by atoms with Crippen molar-refractivity contribution in [3.63, 3.8) is 0 Å². The van der Waals surface area contributed by atoms with Crippen LogP contribution in [0.1, 0.15) is 32.1 Å². The fraction of sp³-hybridized carbons (Fsp3) is 0.750. The fourth-order valence-electron chi connectivity index (χ4n) is 2.30. The Morgan fingerprint density at radius 2 is 1.79 bits per heavy atom. The predicted octanol–water partition coefficient (Wildman–Crippen LogP) is -0.804. The molecule has 1 atom stereocenters. The number of primary amides is 1. The van der Waals surface area contributed by atoms with Crippen LogP contribution in [0.15, 0.2) is 0 Å². The standard InChI is InChI=1S/C12H21N3O4/c13-9(5-10(14)16)11(17)15-6-7-1-3-8(4-2-7)12(18)19/h7-9H,1-6,13H2,(H2,14,16)(H,15,17)(H,18,19)/t7-,8-,9-/m0/s1. The Morgan fingerprint density at radius 1 is 1.21 bits per heavy atom. The number of carbonyl (C=O) groups excluding carboxylic acids is 2. The van der Waals surface area contributed by atoms with Gasteiger partial charge >= 0.3 is 5.97 Å². The van der Waals surface area contributed by atoms with Crippen LogP contribution in [-0.2, 0) is 14.4 Å². The van der Waals surface area contributed by atoms with Gasteiger partial charge in [-0.05, 0) is 31.6 Å². The molecule has 6 N–H and O–H groups in total. The van der Waals surface area contributed by atoms with E-state index in [1.165, 1.54) is 0 Å². The van der Waals surface area contributed by atoms with Crippen LogP contribution in [0.4, 0.5) is 0 Å². The highest BCUT2D eigenvalue weighted by atomic mass is 16.4. The van der Waals surface area contributed by atoms with Crippen molar-refractivity contribution >= 4 is 17.8 Å². The van der Waals surface area contributed by atoms with E-state index < -0.39 is 17.9 Å². The normalized spacial score (nSPS) is 24.5. The number of amides is 2. The maximum atomic E-state index is 11.6. The molecule has 2 amide bonds. The number of carbonyl (C=O) groups is 3. The van der Waals surface area contributed by atoms with Gasteiger partial charge in [0.05, 0.1) is 18.4 Å². The van der Waals surface area contributed by atoms with Gasteiger partial charge in [0, 0.05) is 6.54 Å². The molecule has 0 spiro atoms. The molecule has 0 bridgehead atoms. The monoisotopic (exact) mass is 271 g/mol. The summed E-state index contributed by atoms with van der Waals surface area (Å²) in [6.45, 7) is 0.470. The van der Waals surface area contributed by atoms with Gasteiger partial charge in [-0.15, -0.1) is 0 Å². The molecule has 1 aliphatic rings. The second-order valence-electron chi connectivity index (χ2n) is 5.08. The summed E-state index contributed by atoms with van der Waals surface area (Å²) in [5, 5.41) is 11.6. The van der Waals surface area contributed by atoms with E-state index in [-0.39, 0.29) is 24.2 Å². The van der Waals surface area contributed by atoms with Crippen molar-refractivity contribution in [3.05, 3.63) is 0 Å². The Labute approximate surface area is 111 Å². The summed E-state index contributed by atoms with van der Waals surface area (Å²) < 4.78 is 0. The summed E-state index contributed by atoms with van der Waals surface area (Å²) in [5.74, 6) is -1.72. The van der Waals surface area contributed by atoms with Gasteiger partial charge < -0.3 is 21.9 Å². The molecule has 0 aromatic rings. The van der Waals surface area contributed by atoms with Gasteiger partial charge in [-0.2, -0.15) is 0 Å². The van der Waals surface area contributed by atoms with E-state index >= 15 is 0 Å². The number of nitrogens with one attached hydrogen (secondary N) is 1. The lowest BCUT2D eigenvalue weighted by Gasteiger charge is -2.26. The molecule has 0 radical (unpaired) electrons. The summed E-state index contributed by atoms with van der Waals surface area (Å²) in [6, 6.07) is -0.909. The van der Waals surface area contributed by atoms with Gasteiger partial charge in [-0.3, -0.25) is 14.4 Å². The van der Waals surface area contributed by atoms with Crippen molar-refractivity contribution in [1.29, 1.82) is 0 Å². The Hall–Kier alpha value is -1.63. The SMILES string of the molecule is NC(=O)C[C@H](N)C(=O)NC[C@H]1CC[C@H](C(=O)O)CC1. The first-order chi connectivity index (χ1) is 8.90. The van der Waals surface area contributed by atoms with Crippen LogP contribution in [0, 0.1) is 11.8 Å². The largest absolute Gasteiger partial charge is 0.481 e. The lowest BCUT2D eigenvalue weighted by molar-refractivity contribution is -0.143. The number of nitrogens with two attached hydrogens (primary N) is 2. The average molecular weight is 271 g/mol. The smallest absolute Gasteiger partial charge is 0.306 e. The van der Waals surface area contributed by atoms with Crippen LogP contribution in [0.2, 0.25) is 0 Å². The topological polar surface area (TPSA) is 136 Å². The maximum absolute atomic E-state index is 11.6. The molecule has 1 saturated carbocycles. The fourth-order valence-corrected chi connectivity index (χ4v) is 2.30. The van der Waals surface area contributed by atoms with Gasteiger partial charge in [0.25, 0.3) is 0 Å². The van der Waals surface area contributed by atoms with Gasteiger partial charge in [-0.1, -0.05) is 0 Å². The van der Waals surface area contributed by atoms with E-state index in [4.69, 9.17) is 16.6 Å². The molecule has 1 aliphatic carbocycles. The molecular weight excluding hydrogens is 250 g/mol. The molecule has 0 heterocycles. The Balaban J connectivity index is 2.25. The summed E-state index contributed by atoms with van der Waals surface area (Å²) >= 11 is 0. The highest BCUT2D eigenvalue weighted by molar-refractivity contribution is 5.87. The number of hydrogen-bond donors (Lipinski definition) is 4. The van der Waals surface area contributed by atoms with Crippen molar-refractivity contribution in [2.75, 3.05) is 6.54 Å². The van der Waals surface area contributed by atoms with Gasteiger partial charge in [0.2, 0.25) is 11.8 Å². The molecule has 19 heavy (non-hydrogen) atoms. The van der Waals surface area contributed by atoms with Crippen LogP contribution in [0.5, 0.6) is 0 Å². The quantitative estimate of drug-likeness (QED) is 0.501. The van der Waals surface area contributed by atoms with Crippen LogP contribution in [-0.4, -0.2) is 35.5 Å². The Kier molecular flexibility index (Phi) is 5.75. The minimum absolute atomic E-state index is 0.169. The predicted molar refractivity (Wildman–Crippen MR) is 67.9 cm³/mol. The second-order valence-corrected chi connectivity index (χ2v) is 5.08. The van der Waals surface area contributed by atoms with Crippen molar-refractivity contribution in [1.82, 2.24) is 5.32 Å². The summed E-state index contributed by atoms with van der Waals surface area (Å²) in [7, 11) is 0. The maximum Gasteiger partial charge on any atom is 0.306 e. The number of rotatable bonds is 6. The highest BCUT2D eigenvalue weighted by Crippen LogP contribution is 2.28. The Bertz CT molecular complexity index is 351. The molecule has 0 aromatic carbocycles. The Morgan fingerprint density at radius 3 is 2.26 bits per heavy atom. The zero-order chi connectivity index (χ0) is 14.4.